The van der Waals surface area contributed by atoms with E-state index >= 15 is 0 Å². The molecule has 0 aliphatic heterocycles. The molecule has 0 aliphatic rings. The molecule has 0 heterocycles. The predicted octanol–water partition coefficient (Wildman–Crippen LogP) is 4.19. The standard InChI is InChI=1S/C28H41N3O5S/c1-7-8-17-29-28(33)23(4)30(20-24-12-15-26(36-5)16-13-24)27(32)10-9-18-31(37(6,34)35)25-14-11-21(2)22(3)19-25/h11-16,19,23H,7-10,17-18,20H2,1-6H3,(H,29,33)/t23-/m1/s1. The smallest absolute Gasteiger partial charge is 0.242 e. The normalized spacial score (nSPS) is 12.1. The summed E-state index contributed by atoms with van der Waals surface area (Å²) in [5, 5.41) is 2.91. The summed E-state index contributed by atoms with van der Waals surface area (Å²) in [6.07, 6.45) is 3.43. The van der Waals surface area contributed by atoms with E-state index in [1.165, 1.54) is 10.6 Å². The summed E-state index contributed by atoms with van der Waals surface area (Å²) < 4.78 is 31.6. The number of rotatable bonds is 14. The lowest BCUT2D eigenvalue weighted by Gasteiger charge is -2.29. The summed E-state index contributed by atoms with van der Waals surface area (Å²) in [5.74, 6) is 0.296. The first-order valence-corrected chi connectivity index (χ1v) is 14.6. The van der Waals surface area contributed by atoms with Gasteiger partial charge < -0.3 is 15.0 Å². The highest BCUT2D eigenvalue weighted by atomic mass is 32.2. The molecule has 8 nitrogen and oxygen atoms in total. The minimum Gasteiger partial charge on any atom is -0.497 e. The van der Waals surface area contributed by atoms with Crippen molar-refractivity contribution >= 4 is 27.5 Å². The molecule has 0 saturated heterocycles. The Morgan fingerprint density at radius 1 is 1.03 bits per heavy atom. The molecular formula is C28H41N3O5S. The number of methoxy groups -OCH3 is 1. The first kappa shape index (κ1) is 30.2. The third kappa shape index (κ3) is 9.07. The quantitative estimate of drug-likeness (QED) is 0.369. The van der Waals surface area contributed by atoms with Crippen LogP contribution >= 0.6 is 0 Å². The molecule has 2 amide bonds. The van der Waals surface area contributed by atoms with Crippen molar-refractivity contribution in [1.29, 1.82) is 0 Å². The number of ether oxygens (including phenoxy) is 1. The Bertz CT molecular complexity index is 1150. The minimum absolute atomic E-state index is 0.111. The van der Waals surface area contributed by atoms with Gasteiger partial charge in [-0.3, -0.25) is 13.9 Å². The fourth-order valence-corrected chi connectivity index (χ4v) is 4.89. The Balaban J connectivity index is 2.16. The molecule has 2 aromatic carbocycles. The van der Waals surface area contributed by atoms with Crippen LogP contribution in [0, 0.1) is 13.8 Å². The van der Waals surface area contributed by atoms with Gasteiger partial charge in [0.25, 0.3) is 0 Å². The number of nitrogens with zero attached hydrogens (tertiary/aromatic N) is 2. The number of hydrogen-bond donors (Lipinski definition) is 1. The van der Waals surface area contributed by atoms with E-state index in [1.54, 1.807) is 25.0 Å². The molecule has 9 heteroatoms. The number of sulfonamides is 1. The van der Waals surface area contributed by atoms with E-state index in [2.05, 4.69) is 5.32 Å². The molecule has 2 aromatic rings. The number of carbonyl (C=O) groups excluding carboxylic acids is 2. The van der Waals surface area contributed by atoms with Crippen molar-refractivity contribution in [2.24, 2.45) is 0 Å². The molecule has 0 aromatic heterocycles. The van der Waals surface area contributed by atoms with Crippen LogP contribution in [0.5, 0.6) is 5.75 Å². The molecule has 0 radical (unpaired) electrons. The predicted molar refractivity (Wildman–Crippen MR) is 148 cm³/mol. The number of benzene rings is 2. The van der Waals surface area contributed by atoms with E-state index in [-0.39, 0.29) is 31.3 Å². The van der Waals surface area contributed by atoms with Crippen molar-refractivity contribution in [1.82, 2.24) is 10.2 Å². The number of anilines is 1. The van der Waals surface area contributed by atoms with Gasteiger partial charge in [-0.1, -0.05) is 31.5 Å². The molecule has 1 N–H and O–H groups in total. The van der Waals surface area contributed by atoms with E-state index in [1.807, 2.05) is 57.2 Å². The van der Waals surface area contributed by atoms with E-state index in [0.717, 1.165) is 29.5 Å². The van der Waals surface area contributed by atoms with Gasteiger partial charge in [0.1, 0.15) is 11.8 Å². The largest absolute Gasteiger partial charge is 0.497 e. The highest BCUT2D eigenvalue weighted by Crippen LogP contribution is 2.22. The van der Waals surface area contributed by atoms with Gasteiger partial charge in [0.15, 0.2) is 0 Å². The fraction of sp³-hybridized carbons (Fsp3) is 0.500. The molecule has 1 atom stereocenters. The Hall–Kier alpha value is -3.07. The van der Waals surface area contributed by atoms with Crippen LogP contribution in [0.15, 0.2) is 42.5 Å². The van der Waals surface area contributed by atoms with Crippen molar-refractivity contribution in [2.75, 3.05) is 30.8 Å². The Kier molecular flexibility index (Phi) is 11.4. The average Bonchev–Trinajstić information content (AvgIpc) is 2.86. The lowest BCUT2D eigenvalue weighted by atomic mass is 10.1. The number of carbonyl (C=O) groups is 2. The highest BCUT2D eigenvalue weighted by molar-refractivity contribution is 7.92. The fourth-order valence-electron chi connectivity index (χ4n) is 3.93. The zero-order valence-corrected chi connectivity index (χ0v) is 23.7. The van der Waals surface area contributed by atoms with Crippen LogP contribution in [0.3, 0.4) is 0 Å². The summed E-state index contributed by atoms with van der Waals surface area (Å²) in [5.41, 5.74) is 3.52. The van der Waals surface area contributed by atoms with Crippen LogP contribution in [-0.2, 0) is 26.2 Å². The van der Waals surface area contributed by atoms with Crippen LogP contribution in [0.1, 0.15) is 56.2 Å². The SMILES string of the molecule is CCCCNC(=O)[C@@H](C)N(Cc1ccc(OC)cc1)C(=O)CCCN(c1ccc(C)c(C)c1)S(C)(=O)=O. The lowest BCUT2D eigenvalue weighted by molar-refractivity contribution is -0.140. The zero-order valence-electron chi connectivity index (χ0n) is 22.9. The van der Waals surface area contributed by atoms with Crippen LogP contribution in [0.4, 0.5) is 5.69 Å². The number of unbranched alkanes of at least 4 members (excludes halogenated alkanes) is 1. The summed E-state index contributed by atoms with van der Waals surface area (Å²) in [4.78, 5) is 27.7. The van der Waals surface area contributed by atoms with E-state index in [9.17, 15) is 18.0 Å². The molecule has 0 unspecified atom stereocenters. The van der Waals surface area contributed by atoms with Gasteiger partial charge in [0, 0.05) is 26.1 Å². The number of nitrogens with one attached hydrogen (secondary N) is 1. The zero-order chi connectivity index (χ0) is 27.6. The minimum atomic E-state index is -3.53. The van der Waals surface area contributed by atoms with Crippen LogP contribution in [0.25, 0.3) is 0 Å². The number of aryl methyl sites for hydroxylation is 2. The summed E-state index contributed by atoms with van der Waals surface area (Å²) in [6.45, 7) is 8.67. The third-order valence-corrected chi connectivity index (χ3v) is 7.63. The molecule has 2 rings (SSSR count). The summed E-state index contributed by atoms with van der Waals surface area (Å²) >= 11 is 0. The van der Waals surface area contributed by atoms with Gasteiger partial charge in [0.05, 0.1) is 19.1 Å². The van der Waals surface area contributed by atoms with Gasteiger partial charge in [-0.15, -0.1) is 0 Å². The van der Waals surface area contributed by atoms with E-state index in [0.29, 0.717) is 24.4 Å². The van der Waals surface area contributed by atoms with Crippen LogP contribution in [-0.4, -0.2) is 57.6 Å². The van der Waals surface area contributed by atoms with Crippen LogP contribution < -0.4 is 14.4 Å². The van der Waals surface area contributed by atoms with E-state index < -0.39 is 16.1 Å². The van der Waals surface area contributed by atoms with Crippen molar-refractivity contribution in [3.63, 3.8) is 0 Å². The Morgan fingerprint density at radius 2 is 1.70 bits per heavy atom. The second kappa shape index (κ2) is 14.0. The molecule has 0 spiro atoms. The highest BCUT2D eigenvalue weighted by Gasteiger charge is 2.26. The third-order valence-electron chi connectivity index (χ3n) is 6.44. The van der Waals surface area contributed by atoms with Crippen molar-refractivity contribution in [3.05, 3.63) is 59.2 Å². The molecule has 37 heavy (non-hydrogen) atoms. The lowest BCUT2D eigenvalue weighted by Crippen LogP contribution is -2.47. The average molecular weight is 532 g/mol. The summed E-state index contributed by atoms with van der Waals surface area (Å²) in [7, 11) is -1.94. The van der Waals surface area contributed by atoms with Gasteiger partial charge in [-0.25, -0.2) is 8.42 Å². The topological polar surface area (TPSA) is 96.0 Å². The Labute approximate surface area is 222 Å². The van der Waals surface area contributed by atoms with Crippen LogP contribution in [0.2, 0.25) is 0 Å². The summed E-state index contributed by atoms with van der Waals surface area (Å²) in [6, 6.07) is 12.2. The maximum Gasteiger partial charge on any atom is 0.242 e. The first-order valence-electron chi connectivity index (χ1n) is 12.7. The van der Waals surface area contributed by atoms with Crippen molar-refractivity contribution in [2.45, 2.75) is 66.0 Å². The number of hydrogen-bond acceptors (Lipinski definition) is 5. The molecule has 0 fully saturated rings. The maximum atomic E-state index is 13.4. The van der Waals surface area contributed by atoms with Crippen molar-refractivity contribution < 1.29 is 22.7 Å². The van der Waals surface area contributed by atoms with Crippen molar-refractivity contribution in [3.8, 4) is 5.75 Å². The van der Waals surface area contributed by atoms with Gasteiger partial charge in [-0.05, 0) is 74.6 Å². The van der Waals surface area contributed by atoms with Gasteiger partial charge in [-0.2, -0.15) is 0 Å². The number of amides is 2. The molecule has 0 aliphatic carbocycles. The molecular weight excluding hydrogens is 490 g/mol. The molecule has 204 valence electrons. The second-order valence-electron chi connectivity index (χ2n) is 9.40. The van der Waals surface area contributed by atoms with Gasteiger partial charge in [0.2, 0.25) is 21.8 Å². The molecule has 0 saturated carbocycles. The Morgan fingerprint density at radius 3 is 2.27 bits per heavy atom. The molecule has 0 bridgehead atoms. The second-order valence-corrected chi connectivity index (χ2v) is 11.3. The maximum absolute atomic E-state index is 13.4. The first-order chi connectivity index (χ1) is 17.5. The monoisotopic (exact) mass is 531 g/mol. The van der Waals surface area contributed by atoms with E-state index in [4.69, 9.17) is 4.74 Å². The van der Waals surface area contributed by atoms with Gasteiger partial charge >= 0.3 is 0 Å².